The molecule has 0 aromatic heterocycles. The maximum absolute atomic E-state index is 12.7. The molecular formula is C9H20F2N2O2S. The van der Waals surface area contributed by atoms with Crippen LogP contribution in [0.4, 0.5) is 8.78 Å². The summed E-state index contributed by atoms with van der Waals surface area (Å²) >= 11 is 0. The Hall–Kier alpha value is -0.270. The van der Waals surface area contributed by atoms with Gasteiger partial charge in [0.15, 0.2) is 0 Å². The minimum Gasteiger partial charge on any atom is -0.325 e. The molecule has 0 saturated carbocycles. The van der Waals surface area contributed by atoms with Crippen molar-refractivity contribution in [3.05, 3.63) is 0 Å². The second kappa shape index (κ2) is 6.46. The van der Waals surface area contributed by atoms with Crippen molar-refractivity contribution in [3.8, 4) is 0 Å². The molecular weight excluding hydrogens is 238 g/mol. The van der Waals surface area contributed by atoms with Gasteiger partial charge >= 0.3 is 0 Å². The highest BCUT2D eigenvalue weighted by atomic mass is 32.2. The van der Waals surface area contributed by atoms with Gasteiger partial charge in [0.05, 0.1) is 18.8 Å². The number of hydrogen-bond acceptors (Lipinski definition) is 3. The molecule has 0 fully saturated rings. The largest absolute Gasteiger partial charge is 0.325 e. The van der Waals surface area contributed by atoms with Crippen molar-refractivity contribution in [1.82, 2.24) is 4.72 Å². The SMILES string of the molecule is CCC(CC)CS(=O)(=O)NCC(F)(F)CN. The van der Waals surface area contributed by atoms with Crippen molar-refractivity contribution in [2.75, 3.05) is 18.8 Å². The lowest BCUT2D eigenvalue weighted by atomic mass is 10.1. The fourth-order valence-corrected chi connectivity index (χ4v) is 2.82. The van der Waals surface area contributed by atoms with E-state index >= 15 is 0 Å². The molecule has 0 saturated heterocycles. The van der Waals surface area contributed by atoms with E-state index in [1.807, 2.05) is 18.6 Å². The van der Waals surface area contributed by atoms with Crippen LogP contribution in [0.1, 0.15) is 26.7 Å². The van der Waals surface area contributed by atoms with Crippen molar-refractivity contribution in [2.24, 2.45) is 11.7 Å². The first-order valence-corrected chi connectivity index (χ1v) is 6.96. The van der Waals surface area contributed by atoms with E-state index in [9.17, 15) is 17.2 Å². The molecule has 0 amide bonds. The van der Waals surface area contributed by atoms with Crippen molar-refractivity contribution in [3.63, 3.8) is 0 Å². The second-order valence-corrected chi connectivity index (χ2v) is 5.70. The normalized spacial score (nSPS) is 13.4. The molecule has 4 nitrogen and oxygen atoms in total. The van der Waals surface area contributed by atoms with Crippen LogP contribution in [-0.2, 0) is 10.0 Å². The molecule has 0 heterocycles. The summed E-state index contributed by atoms with van der Waals surface area (Å²) in [6.45, 7) is 1.96. The van der Waals surface area contributed by atoms with Gasteiger partial charge in [0, 0.05) is 0 Å². The van der Waals surface area contributed by atoms with E-state index in [4.69, 9.17) is 5.73 Å². The Balaban J connectivity index is 4.26. The average molecular weight is 258 g/mol. The number of alkyl halides is 2. The summed E-state index contributed by atoms with van der Waals surface area (Å²) in [5.74, 6) is -3.29. The number of nitrogens with one attached hydrogen (secondary N) is 1. The summed E-state index contributed by atoms with van der Waals surface area (Å²) in [7, 11) is -3.63. The molecule has 98 valence electrons. The smallest absolute Gasteiger partial charge is 0.273 e. The molecule has 16 heavy (non-hydrogen) atoms. The third-order valence-electron chi connectivity index (χ3n) is 2.46. The summed E-state index contributed by atoms with van der Waals surface area (Å²) in [6.07, 6.45) is 1.43. The first-order chi connectivity index (χ1) is 7.26. The van der Waals surface area contributed by atoms with Crippen LogP contribution in [0.3, 0.4) is 0 Å². The monoisotopic (exact) mass is 258 g/mol. The fraction of sp³-hybridized carbons (Fsp3) is 1.00. The van der Waals surface area contributed by atoms with E-state index in [1.165, 1.54) is 0 Å². The first kappa shape index (κ1) is 15.7. The second-order valence-electron chi connectivity index (χ2n) is 3.85. The number of rotatable bonds is 8. The Morgan fingerprint density at radius 2 is 1.81 bits per heavy atom. The van der Waals surface area contributed by atoms with Crippen molar-refractivity contribution < 1.29 is 17.2 Å². The van der Waals surface area contributed by atoms with E-state index < -0.39 is 29.0 Å². The molecule has 7 heteroatoms. The number of nitrogens with two attached hydrogens (primary N) is 1. The van der Waals surface area contributed by atoms with Gasteiger partial charge in [0.25, 0.3) is 5.92 Å². The molecule has 0 aromatic rings. The zero-order chi connectivity index (χ0) is 12.8. The molecule has 0 bridgehead atoms. The van der Waals surface area contributed by atoms with Gasteiger partial charge < -0.3 is 5.73 Å². The van der Waals surface area contributed by atoms with Crippen molar-refractivity contribution in [2.45, 2.75) is 32.6 Å². The lowest BCUT2D eigenvalue weighted by Crippen LogP contribution is -2.42. The molecule has 0 spiro atoms. The van der Waals surface area contributed by atoms with Crippen LogP contribution in [0.5, 0.6) is 0 Å². The molecule has 0 aromatic carbocycles. The Morgan fingerprint density at radius 3 is 2.19 bits per heavy atom. The minimum atomic E-state index is -3.63. The number of sulfonamides is 1. The predicted octanol–water partition coefficient (Wildman–Crippen LogP) is 0.936. The predicted molar refractivity (Wildman–Crippen MR) is 59.9 cm³/mol. The zero-order valence-corrected chi connectivity index (χ0v) is 10.5. The Kier molecular flexibility index (Phi) is 6.35. The van der Waals surface area contributed by atoms with Crippen molar-refractivity contribution in [1.29, 1.82) is 0 Å². The van der Waals surface area contributed by atoms with Crippen LogP contribution in [0.15, 0.2) is 0 Å². The Bertz CT molecular complexity index is 290. The highest BCUT2D eigenvalue weighted by molar-refractivity contribution is 7.89. The number of hydrogen-bond donors (Lipinski definition) is 2. The third-order valence-corrected chi connectivity index (χ3v) is 3.95. The molecule has 0 rings (SSSR count). The molecule has 0 atom stereocenters. The minimum absolute atomic E-state index is 0.00370. The summed E-state index contributed by atoms with van der Waals surface area (Å²) in [4.78, 5) is 0. The van der Waals surface area contributed by atoms with E-state index in [1.54, 1.807) is 0 Å². The highest BCUT2D eigenvalue weighted by Gasteiger charge is 2.29. The Morgan fingerprint density at radius 1 is 1.31 bits per heavy atom. The highest BCUT2D eigenvalue weighted by Crippen LogP contribution is 2.12. The van der Waals surface area contributed by atoms with Crippen LogP contribution >= 0.6 is 0 Å². The Labute approximate surface area is 95.6 Å². The molecule has 0 aliphatic carbocycles. The van der Waals surface area contributed by atoms with Gasteiger partial charge in [0.1, 0.15) is 0 Å². The summed E-state index contributed by atoms with van der Waals surface area (Å²) in [6, 6.07) is 0. The van der Waals surface area contributed by atoms with Gasteiger partial charge in [-0.05, 0) is 5.92 Å². The van der Waals surface area contributed by atoms with E-state index in [2.05, 4.69) is 0 Å². The van der Waals surface area contributed by atoms with E-state index in [0.717, 1.165) is 0 Å². The van der Waals surface area contributed by atoms with Gasteiger partial charge in [-0.2, -0.15) is 0 Å². The molecule has 0 radical (unpaired) electrons. The van der Waals surface area contributed by atoms with E-state index in [-0.39, 0.29) is 11.7 Å². The standard InChI is InChI=1S/C9H20F2N2O2S/c1-3-8(4-2)5-16(14,15)13-7-9(10,11)6-12/h8,13H,3-7,12H2,1-2H3. The average Bonchev–Trinajstić information content (AvgIpc) is 2.24. The summed E-state index contributed by atoms with van der Waals surface area (Å²) in [5, 5.41) is 0. The maximum Gasteiger partial charge on any atom is 0.273 e. The molecule has 0 aliphatic heterocycles. The van der Waals surface area contributed by atoms with Gasteiger partial charge in [-0.15, -0.1) is 0 Å². The topological polar surface area (TPSA) is 72.2 Å². The quantitative estimate of drug-likeness (QED) is 0.680. The zero-order valence-electron chi connectivity index (χ0n) is 9.67. The summed E-state index contributed by atoms with van der Waals surface area (Å²) < 4.78 is 50.2. The molecule has 0 aliphatic rings. The van der Waals surface area contributed by atoms with Gasteiger partial charge in [0.2, 0.25) is 10.0 Å². The molecule has 3 N–H and O–H groups in total. The third kappa shape index (κ3) is 6.34. The van der Waals surface area contributed by atoms with Gasteiger partial charge in [-0.25, -0.2) is 21.9 Å². The van der Waals surface area contributed by atoms with Crippen LogP contribution in [-0.4, -0.2) is 33.2 Å². The molecule has 0 unspecified atom stereocenters. The van der Waals surface area contributed by atoms with Crippen LogP contribution < -0.4 is 10.5 Å². The van der Waals surface area contributed by atoms with Gasteiger partial charge in [-0.3, -0.25) is 0 Å². The van der Waals surface area contributed by atoms with Crippen LogP contribution in [0.25, 0.3) is 0 Å². The lowest BCUT2D eigenvalue weighted by Gasteiger charge is -2.17. The summed E-state index contributed by atoms with van der Waals surface area (Å²) in [5.41, 5.74) is 4.80. The van der Waals surface area contributed by atoms with Crippen molar-refractivity contribution >= 4 is 10.0 Å². The van der Waals surface area contributed by atoms with Crippen LogP contribution in [0, 0.1) is 5.92 Å². The van der Waals surface area contributed by atoms with E-state index in [0.29, 0.717) is 12.8 Å². The van der Waals surface area contributed by atoms with Gasteiger partial charge in [-0.1, -0.05) is 26.7 Å². The first-order valence-electron chi connectivity index (χ1n) is 5.31. The lowest BCUT2D eigenvalue weighted by molar-refractivity contribution is 0.0170. The number of halogens is 2. The van der Waals surface area contributed by atoms with Crippen LogP contribution in [0.2, 0.25) is 0 Å². The maximum atomic E-state index is 12.7. The fourth-order valence-electron chi connectivity index (χ4n) is 1.18.